The van der Waals surface area contributed by atoms with Crippen LogP contribution in [0.1, 0.15) is 42.5 Å². The molecule has 1 heterocycles. The van der Waals surface area contributed by atoms with E-state index in [1.54, 1.807) is 6.07 Å². The van der Waals surface area contributed by atoms with Gasteiger partial charge in [0.05, 0.1) is 10.6 Å². The van der Waals surface area contributed by atoms with Crippen LogP contribution < -0.4 is 0 Å². The van der Waals surface area contributed by atoms with Gasteiger partial charge in [-0.3, -0.25) is 4.79 Å². The number of phenolic OH excluding ortho intramolecular Hbond substituents is 1. The van der Waals surface area contributed by atoms with Crippen LogP contribution in [0.5, 0.6) is 5.75 Å². The minimum Gasteiger partial charge on any atom is -0.508 e. The van der Waals surface area contributed by atoms with E-state index in [0.717, 1.165) is 25.9 Å². The second-order valence-corrected chi connectivity index (χ2v) is 5.13. The van der Waals surface area contributed by atoms with E-state index in [2.05, 4.69) is 0 Å². The molecule has 0 saturated carbocycles. The van der Waals surface area contributed by atoms with Crippen LogP contribution in [0.3, 0.4) is 0 Å². The number of hydrogen-bond donors (Lipinski definition) is 1. The number of hydrogen-bond acceptors (Lipinski definition) is 2. The average molecular weight is 268 g/mol. The van der Waals surface area contributed by atoms with E-state index in [-0.39, 0.29) is 11.7 Å². The highest BCUT2D eigenvalue weighted by Gasteiger charge is 2.19. The summed E-state index contributed by atoms with van der Waals surface area (Å²) in [4.78, 5) is 14.2. The summed E-state index contributed by atoms with van der Waals surface area (Å²) in [5, 5.41) is 9.86. The van der Waals surface area contributed by atoms with Gasteiger partial charge in [-0.1, -0.05) is 30.9 Å². The molecule has 0 bridgehead atoms. The fourth-order valence-electron chi connectivity index (χ4n) is 2.30. The maximum atomic E-state index is 12.4. The Bertz CT molecular complexity index is 426. The zero-order valence-corrected chi connectivity index (χ0v) is 11.1. The summed E-state index contributed by atoms with van der Waals surface area (Å²) in [6, 6.07) is 4.50. The van der Waals surface area contributed by atoms with Crippen LogP contribution >= 0.6 is 11.6 Å². The zero-order valence-electron chi connectivity index (χ0n) is 10.4. The van der Waals surface area contributed by atoms with Gasteiger partial charge >= 0.3 is 0 Å². The minimum absolute atomic E-state index is 0.0715. The van der Waals surface area contributed by atoms with Crippen molar-refractivity contribution in [2.45, 2.75) is 32.1 Å². The van der Waals surface area contributed by atoms with Gasteiger partial charge in [0.15, 0.2) is 0 Å². The first-order chi connectivity index (χ1) is 8.68. The fraction of sp³-hybridized carbons (Fsp3) is 0.500. The first-order valence-corrected chi connectivity index (χ1v) is 6.84. The topological polar surface area (TPSA) is 40.5 Å². The number of halogens is 1. The van der Waals surface area contributed by atoms with Crippen LogP contribution in [-0.4, -0.2) is 29.0 Å². The highest BCUT2D eigenvalue weighted by Crippen LogP contribution is 2.23. The second kappa shape index (κ2) is 6.10. The number of aromatic hydroxyl groups is 1. The number of carbonyl (C=O) groups excluding carboxylic acids is 1. The van der Waals surface area contributed by atoms with Crippen molar-refractivity contribution in [2.24, 2.45) is 0 Å². The molecule has 18 heavy (non-hydrogen) atoms. The highest BCUT2D eigenvalue weighted by atomic mass is 35.5. The predicted molar refractivity (Wildman–Crippen MR) is 72.1 cm³/mol. The van der Waals surface area contributed by atoms with Crippen LogP contribution in [-0.2, 0) is 0 Å². The molecule has 0 aliphatic carbocycles. The van der Waals surface area contributed by atoms with Gasteiger partial charge in [0, 0.05) is 13.1 Å². The van der Waals surface area contributed by atoms with Crippen molar-refractivity contribution in [1.29, 1.82) is 0 Å². The predicted octanol–water partition coefficient (Wildman–Crippen LogP) is 3.45. The van der Waals surface area contributed by atoms with Crippen LogP contribution in [0, 0.1) is 0 Å². The first kappa shape index (κ1) is 13.2. The molecule has 0 unspecified atom stereocenters. The molecule has 1 aliphatic heterocycles. The number of phenols is 1. The lowest BCUT2D eigenvalue weighted by atomic mass is 10.1. The van der Waals surface area contributed by atoms with E-state index in [0.29, 0.717) is 10.6 Å². The van der Waals surface area contributed by atoms with Crippen molar-refractivity contribution >= 4 is 17.5 Å². The molecule has 2 rings (SSSR count). The first-order valence-electron chi connectivity index (χ1n) is 6.46. The Balaban J connectivity index is 2.15. The van der Waals surface area contributed by atoms with Crippen molar-refractivity contribution in [3.8, 4) is 5.75 Å². The lowest BCUT2D eigenvalue weighted by Gasteiger charge is -2.25. The zero-order chi connectivity index (χ0) is 13.0. The van der Waals surface area contributed by atoms with Crippen molar-refractivity contribution in [3.63, 3.8) is 0 Å². The van der Waals surface area contributed by atoms with Crippen molar-refractivity contribution in [1.82, 2.24) is 4.90 Å². The van der Waals surface area contributed by atoms with Crippen molar-refractivity contribution in [3.05, 3.63) is 28.8 Å². The third-order valence-electron chi connectivity index (χ3n) is 3.32. The SMILES string of the molecule is O=C(c1cc(O)ccc1Cl)N1CCCCCCC1. The Morgan fingerprint density at radius 2 is 1.72 bits per heavy atom. The Labute approximate surface area is 112 Å². The highest BCUT2D eigenvalue weighted by molar-refractivity contribution is 6.33. The maximum absolute atomic E-state index is 12.4. The summed E-state index contributed by atoms with van der Waals surface area (Å²) in [6.07, 6.45) is 5.70. The average Bonchev–Trinajstić information content (AvgIpc) is 2.31. The van der Waals surface area contributed by atoms with Gasteiger partial charge in [-0.15, -0.1) is 0 Å². The lowest BCUT2D eigenvalue weighted by molar-refractivity contribution is 0.0742. The molecule has 0 radical (unpaired) electrons. The van der Waals surface area contributed by atoms with Gasteiger partial charge in [0.2, 0.25) is 0 Å². The summed E-state index contributed by atoms with van der Waals surface area (Å²) >= 11 is 6.02. The van der Waals surface area contributed by atoms with E-state index in [9.17, 15) is 9.90 Å². The summed E-state index contributed by atoms with van der Waals surface area (Å²) in [5.74, 6) is 0.00703. The monoisotopic (exact) mass is 267 g/mol. The Hall–Kier alpha value is -1.22. The fourth-order valence-corrected chi connectivity index (χ4v) is 2.50. The normalized spacial score (nSPS) is 17.1. The van der Waals surface area contributed by atoms with Crippen molar-refractivity contribution < 1.29 is 9.90 Å². The molecule has 4 heteroatoms. The molecule has 1 aromatic carbocycles. The molecule has 0 aromatic heterocycles. The molecule has 0 atom stereocenters. The molecule has 1 N–H and O–H groups in total. The van der Waals surface area contributed by atoms with E-state index in [1.165, 1.54) is 31.4 Å². The summed E-state index contributed by atoms with van der Waals surface area (Å²) in [5.41, 5.74) is 0.400. The number of benzene rings is 1. The Morgan fingerprint density at radius 3 is 2.39 bits per heavy atom. The number of rotatable bonds is 1. The van der Waals surface area contributed by atoms with E-state index in [1.807, 2.05) is 4.90 Å². The van der Waals surface area contributed by atoms with E-state index >= 15 is 0 Å². The smallest absolute Gasteiger partial charge is 0.255 e. The number of nitrogens with zero attached hydrogens (tertiary/aromatic N) is 1. The number of amides is 1. The van der Waals surface area contributed by atoms with Crippen LogP contribution in [0.2, 0.25) is 5.02 Å². The molecule has 1 aromatic rings. The van der Waals surface area contributed by atoms with Gasteiger partial charge in [-0.2, -0.15) is 0 Å². The Kier molecular flexibility index (Phi) is 4.48. The minimum atomic E-state index is -0.0715. The maximum Gasteiger partial charge on any atom is 0.255 e. The molecular weight excluding hydrogens is 250 g/mol. The van der Waals surface area contributed by atoms with Gasteiger partial charge in [0.1, 0.15) is 5.75 Å². The van der Waals surface area contributed by atoms with E-state index < -0.39 is 0 Å². The summed E-state index contributed by atoms with van der Waals surface area (Å²) in [7, 11) is 0. The van der Waals surface area contributed by atoms with E-state index in [4.69, 9.17) is 11.6 Å². The summed E-state index contributed by atoms with van der Waals surface area (Å²) < 4.78 is 0. The molecule has 1 aliphatic rings. The largest absolute Gasteiger partial charge is 0.508 e. The molecule has 98 valence electrons. The van der Waals surface area contributed by atoms with Gasteiger partial charge in [0.25, 0.3) is 5.91 Å². The van der Waals surface area contributed by atoms with Crippen LogP contribution in [0.25, 0.3) is 0 Å². The van der Waals surface area contributed by atoms with Crippen LogP contribution in [0.4, 0.5) is 0 Å². The number of likely N-dealkylation sites (tertiary alicyclic amines) is 1. The Morgan fingerprint density at radius 1 is 1.11 bits per heavy atom. The van der Waals surface area contributed by atoms with Gasteiger partial charge in [-0.25, -0.2) is 0 Å². The molecule has 1 fully saturated rings. The third kappa shape index (κ3) is 3.16. The molecule has 1 amide bonds. The summed E-state index contributed by atoms with van der Waals surface area (Å²) in [6.45, 7) is 1.57. The number of carbonyl (C=O) groups is 1. The molecule has 0 spiro atoms. The lowest BCUT2D eigenvalue weighted by Crippen LogP contribution is -2.33. The quantitative estimate of drug-likeness (QED) is 0.847. The second-order valence-electron chi connectivity index (χ2n) is 4.72. The van der Waals surface area contributed by atoms with Crippen molar-refractivity contribution in [2.75, 3.05) is 13.1 Å². The standard InChI is InChI=1S/C14H18ClNO2/c15-13-7-6-11(17)10-12(13)14(18)16-8-4-2-1-3-5-9-16/h6-7,10,17H,1-5,8-9H2. The molecule has 1 saturated heterocycles. The third-order valence-corrected chi connectivity index (χ3v) is 3.65. The van der Waals surface area contributed by atoms with Crippen LogP contribution in [0.15, 0.2) is 18.2 Å². The van der Waals surface area contributed by atoms with Gasteiger partial charge < -0.3 is 10.0 Å². The molecular formula is C14H18ClNO2. The molecule has 3 nitrogen and oxygen atoms in total. The van der Waals surface area contributed by atoms with Gasteiger partial charge in [-0.05, 0) is 31.0 Å².